The molecule has 0 aliphatic carbocycles. The number of hydrogen-bond acceptors (Lipinski definition) is 4. The Labute approximate surface area is 114 Å². The minimum Gasteiger partial charge on any atom is -0.464 e. The zero-order valence-electron chi connectivity index (χ0n) is 12.0. The molecule has 1 saturated heterocycles. The molecule has 0 aromatic carbocycles. The van der Waals surface area contributed by atoms with Crippen LogP contribution in [0.25, 0.3) is 0 Å². The molecular weight excluding hydrogens is 242 g/mol. The Kier molecular flexibility index (Phi) is 4.24. The van der Waals surface area contributed by atoms with Gasteiger partial charge >= 0.3 is 5.97 Å². The predicted octanol–water partition coefficient (Wildman–Crippen LogP) is 1.65. The van der Waals surface area contributed by atoms with Crippen LogP contribution in [-0.4, -0.2) is 35.2 Å². The largest absolute Gasteiger partial charge is 0.464 e. The summed E-state index contributed by atoms with van der Waals surface area (Å²) in [5, 5.41) is 3.37. The maximum absolute atomic E-state index is 11.9. The average Bonchev–Trinajstić information content (AvgIpc) is 2.89. The molecule has 0 spiro atoms. The van der Waals surface area contributed by atoms with Crippen LogP contribution in [0.1, 0.15) is 45.3 Å². The van der Waals surface area contributed by atoms with Gasteiger partial charge in [-0.25, -0.2) is 9.78 Å². The third kappa shape index (κ3) is 2.81. The molecule has 1 aromatic rings. The smallest absolute Gasteiger partial charge is 0.328 e. The fraction of sp³-hybridized carbons (Fsp3) is 0.714. The number of hydrogen-bond donors (Lipinski definition) is 1. The minimum absolute atomic E-state index is 0.0858. The lowest BCUT2D eigenvalue weighted by atomic mass is 9.78. The van der Waals surface area contributed by atoms with Gasteiger partial charge in [0.2, 0.25) is 0 Å². The van der Waals surface area contributed by atoms with Gasteiger partial charge in [0.1, 0.15) is 6.04 Å². The maximum atomic E-state index is 11.9. The standard InChI is InChI=1S/C14H23N3O2/c1-4-19-13(18)11(2)17-10-16-9-12(17)14(3)5-7-15-8-6-14/h9-11,15H,4-8H2,1-3H3. The summed E-state index contributed by atoms with van der Waals surface area (Å²) < 4.78 is 7.06. The van der Waals surface area contributed by atoms with Crippen LogP contribution in [-0.2, 0) is 14.9 Å². The monoisotopic (exact) mass is 265 g/mol. The summed E-state index contributed by atoms with van der Waals surface area (Å²) in [5.74, 6) is -0.195. The summed E-state index contributed by atoms with van der Waals surface area (Å²) in [5.41, 5.74) is 1.22. The molecule has 0 bridgehead atoms. The van der Waals surface area contributed by atoms with Gasteiger partial charge < -0.3 is 14.6 Å². The molecule has 0 amide bonds. The van der Waals surface area contributed by atoms with Crippen molar-refractivity contribution in [2.75, 3.05) is 19.7 Å². The van der Waals surface area contributed by atoms with E-state index in [4.69, 9.17) is 4.74 Å². The summed E-state index contributed by atoms with van der Waals surface area (Å²) in [4.78, 5) is 16.1. The molecule has 1 N–H and O–H groups in total. The first kappa shape index (κ1) is 14.1. The molecule has 5 nitrogen and oxygen atoms in total. The van der Waals surface area contributed by atoms with Crippen molar-refractivity contribution in [2.24, 2.45) is 0 Å². The molecule has 1 atom stereocenters. The van der Waals surface area contributed by atoms with Gasteiger partial charge in [0.05, 0.1) is 12.9 Å². The Hall–Kier alpha value is -1.36. The molecule has 2 rings (SSSR count). The van der Waals surface area contributed by atoms with Crippen molar-refractivity contribution in [1.29, 1.82) is 0 Å². The van der Waals surface area contributed by atoms with E-state index in [-0.39, 0.29) is 17.4 Å². The summed E-state index contributed by atoms with van der Waals surface area (Å²) in [6, 6.07) is -0.316. The second-order valence-electron chi connectivity index (χ2n) is 5.42. The SMILES string of the molecule is CCOC(=O)C(C)n1cncc1C1(C)CCNCC1. The van der Waals surface area contributed by atoms with Crippen molar-refractivity contribution < 1.29 is 9.53 Å². The van der Waals surface area contributed by atoms with Gasteiger partial charge in [0.15, 0.2) is 0 Å². The van der Waals surface area contributed by atoms with Gasteiger partial charge in [0, 0.05) is 17.3 Å². The lowest BCUT2D eigenvalue weighted by Gasteiger charge is -2.35. The number of carbonyl (C=O) groups is 1. The first-order valence-electron chi connectivity index (χ1n) is 6.98. The van der Waals surface area contributed by atoms with Crippen molar-refractivity contribution in [3.8, 4) is 0 Å². The van der Waals surface area contributed by atoms with E-state index in [1.54, 1.807) is 6.33 Å². The number of nitrogens with zero attached hydrogens (tertiary/aromatic N) is 2. The van der Waals surface area contributed by atoms with Gasteiger partial charge in [-0.2, -0.15) is 0 Å². The highest BCUT2D eigenvalue weighted by molar-refractivity contribution is 5.73. The first-order chi connectivity index (χ1) is 9.08. The van der Waals surface area contributed by atoms with E-state index in [0.29, 0.717) is 6.61 Å². The van der Waals surface area contributed by atoms with Crippen LogP contribution in [0.5, 0.6) is 0 Å². The number of rotatable bonds is 4. The third-order valence-corrected chi connectivity index (χ3v) is 4.04. The predicted molar refractivity (Wildman–Crippen MR) is 73.0 cm³/mol. The molecule has 1 unspecified atom stereocenters. The van der Waals surface area contributed by atoms with E-state index < -0.39 is 0 Å². The van der Waals surface area contributed by atoms with Crippen LogP contribution in [0, 0.1) is 0 Å². The van der Waals surface area contributed by atoms with Gasteiger partial charge in [-0.15, -0.1) is 0 Å². The summed E-state index contributed by atoms with van der Waals surface area (Å²) in [7, 11) is 0. The Morgan fingerprint density at radius 2 is 2.26 bits per heavy atom. The molecule has 2 heterocycles. The van der Waals surface area contributed by atoms with Gasteiger partial charge in [0.25, 0.3) is 0 Å². The first-order valence-corrected chi connectivity index (χ1v) is 6.98. The van der Waals surface area contributed by atoms with Crippen molar-refractivity contribution in [3.63, 3.8) is 0 Å². The van der Waals surface area contributed by atoms with Gasteiger partial charge in [-0.1, -0.05) is 6.92 Å². The van der Waals surface area contributed by atoms with E-state index in [1.807, 2.05) is 24.6 Å². The van der Waals surface area contributed by atoms with Crippen LogP contribution in [0.2, 0.25) is 0 Å². The Bertz CT molecular complexity index is 436. The van der Waals surface area contributed by atoms with Crippen LogP contribution in [0.15, 0.2) is 12.5 Å². The van der Waals surface area contributed by atoms with Crippen molar-refractivity contribution in [3.05, 3.63) is 18.2 Å². The lowest BCUT2D eigenvalue weighted by Crippen LogP contribution is -2.39. The molecule has 19 heavy (non-hydrogen) atoms. The van der Waals surface area contributed by atoms with Crippen LogP contribution in [0.3, 0.4) is 0 Å². The van der Waals surface area contributed by atoms with Crippen molar-refractivity contribution in [1.82, 2.24) is 14.9 Å². The second-order valence-corrected chi connectivity index (χ2v) is 5.42. The fourth-order valence-electron chi connectivity index (χ4n) is 2.69. The fourth-order valence-corrected chi connectivity index (χ4v) is 2.69. The average molecular weight is 265 g/mol. The van der Waals surface area contributed by atoms with Gasteiger partial charge in [-0.3, -0.25) is 0 Å². The molecular formula is C14H23N3O2. The Balaban J connectivity index is 2.24. The highest BCUT2D eigenvalue weighted by atomic mass is 16.5. The molecule has 1 aliphatic rings. The van der Waals surface area contributed by atoms with E-state index >= 15 is 0 Å². The van der Waals surface area contributed by atoms with Crippen molar-refractivity contribution >= 4 is 5.97 Å². The van der Waals surface area contributed by atoms with Crippen LogP contribution < -0.4 is 5.32 Å². The number of esters is 1. The number of nitrogens with one attached hydrogen (secondary N) is 1. The number of aromatic nitrogens is 2. The van der Waals surface area contributed by atoms with E-state index in [0.717, 1.165) is 31.6 Å². The molecule has 1 fully saturated rings. The topological polar surface area (TPSA) is 56.2 Å². The van der Waals surface area contributed by atoms with Crippen molar-refractivity contribution in [2.45, 2.75) is 45.1 Å². The number of ether oxygens (including phenoxy) is 1. The quantitative estimate of drug-likeness (QED) is 0.841. The highest BCUT2D eigenvalue weighted by Gasteiger charge is 2.33. The Morgan fingerprint density at radius 1 is 1.58 bits per heavy atom. The highest BCUT2D eigenvalue weighted by Crippen LogP contribution is 2.34. The molecule has 5 heteroatoms. The third-order valence-electron chi connectivity index (χ3n) is 4.04. The molecule has 1 aromatic heterocycles. The lowest BCUT2D eigenvalue weighted by molar-refractivity contribution is -0.146. The number of imidazole rings is 1. The normalized spacial score (nSPS) is 19.9. The molecule has 0 radical (unpaired) electrons. The van der Waals surface area contributed by atoms with E-state index in [1.165, 1.54) is 0 Å². The van der Waals surface area contributed by atoms with E-state index in [2.05, 4.69) is 17.2 Å². The van der Waals surface area contributed by atoms with Crippen LogP contribution >= 0.6 is 0 Å². The molecule has 0 saturated carbocycles. The van der Waals surface area contributed by atoms with Gasteiger partial charge in [-0.05, 0) is 39.8 Å². The summed E-state index contributed by atoms with van der Waals surface area (Å²) in [6.45, 7) is 8.37. The number of carbonyl (C=O) groups excluding carboxylic acids is 1. The minimum atomic E-state index is -0.316. The molecule has 106 valence electrons. The van der Waals surface area contributed by atoms with Crippen LogP contribution in [0.4, 0.5) is 0 Å². The van der Waals surface area contributed by atoms with E-state index in [9.17, 15) is 4.79 Å². The molecule has 1 aliphatic heterocycles. The second kappa shape index (κ2) is 5.74. The maximum Gasteiger partial charge on any atom is 0.328 e. The zero-order valence-corrected chi connectivity index (χ0v) is 12.0. The number of piperidine rings is 1. The Morgan fingerprint density at radius 3 is 2.89 bits per heavy atom. The summed E-state index contributed by atoms with van der Waals surface area (Å²) in [6.07, 6.45) is 5.76. The summed E-state index contributed by atoms with van der Waals surface area (Å²) >= 11 is 0. The zero-order chi connectivity index (χ0) is 13.9.